The molecule has 1 unspecified atom stereocenters. The van der Waals surface area contributed by atoms with Gasteiger partial charge in [0.1, 0.15) is 0 Å². The van der Waals surface area contributed by atoms with Crippen LogP contribution in [0.1, 0.15) is 22.3 Å². The Balaban J connectivity index is 2.83. The summed E-state index contributed by atoms with van der Waals surface area (Å²) in [6, 6.07) is 2.67. The van der Waals surface area contributed by atoms with Gasteiger partial charge in [0.15, 0.2) is 0 Å². The Morgan fingerprint density at radius 3 is 2.57 bits per heavy atom. The fourth-order valence-electron chi connectivity index (χ4n) is 1.61. The van der Waals surface area contributed by atoms with Crippen LogP contribution >= 0.6 is 0 Å². The maximum absolute atomic E-state index is 12.6. The molecule has 118 valence electrons. The lowest BCUT2D eigenvalue weighted by Crippen LogP contribution is -2.27. The molecule has 0 aromatic heterocycles. The molecule has 1 aromatic rings. The van der Waals surface area contributed by atoms with Gasteiger partial charge in [0.25, 0.3) is 5.91 Å². The molecule has 9 heteroatoms. The summed E-state index contributed by atoms with van der Waals surface area (Å²) in [6.45, 7) is 0.221. The van der Waals surface area contributed by atoms with Gasteiger partial charge in [0.05, 0.1) is 16.8 Å². The monoisotopic (exact) mass is 323 g/mol. The average Bonchev–Trinajstić information content (AvgIpc) is 2.41. The maximum Gasteiger partial charge on any atom is 0.416 e. The molecule has 1 aromatic carbocycles. The summed E-state index contributed by atoms with van der Waals surface area (Å²) in [5, 5.41) is 2.47. The van der Waals surface area contributed by atoms with Gasteiger partial charge in [-0.25, -0.2) is 0 Å². The van der Waals surface area contributed by atoms with E-state index in [-0.39, 0.29) is 17.8 Å². The molecule has 0 saturated heterocycles. The minimum atomic E-state index is -4.54. The second-order valence-corrected chi connectivity index (χ2v) is 5.84. The SMILES string of the molecule is CS(=O)CCCNC(=O)c1cc(C(F)(F)F)ccc1NN. The van der Waals surface area contributed by atoms with Crippen molar-refractivity contribution in [2.75, 3.05) is 24.0 Å². The van der Waals surface area contributed by atoms with Crippen LogP contribution in [0.4, 0.5) is 18.9 Å². The highest BCUT2D eigenvalue weighted by Gasteiger charge is 2.31. The minimum Gasteiger partial charge on any atom is -0.352 e. The molecule has 5 nitrogen and oxygen atoms in total. The number of amides is 1. The van der Waals surface area contributed by atoms with E-state index < -0.39 is 28.4 Å². The highest BCUT2D eigenvalue weighted by Crippen LogP contribution is 2.31. The van der Waals surface area contributed by atoms with Crippen molar-refractivity contribution in [2.45, 2.75) is 12.6 Å². The molecular formula is C12H16F3N3O2S. The van der Waals surface area contributed by atoms with Gasteiger partial charge in [-0.3, -0.25) is 14.8 Å². The van der Waals surface area contributed by atoms with Gasteiger partial charge in [-0.05, 0) is 24.6 Å². The number of alkyl halides is 3. The lowest BCUT2D eigenvalue weighted by atomic mass is 10.1. The molecule has 0 aliphatic heterocycles. The highest BCUT2D eigenvalue weighted by atomic mass is 32.2. The Labute approximate surface area is 122 Å². The van der Waals surface area contributed by atoms with Gasteiger partial charge >= 0.3 is 6.18 Å². The normalized spacial score (nSPS) is 12.8. The second-order valence-electron chi connectivity index (χ2n) is 4.29. The van der Waals surface area contributed by atoms with Crippen LogP contribution in [-0.2, 0) is 17.0 Å². The van der Waals surface area contributed by atoms with Crippen molar-refractivity contribution in [3.05, 3.63) is 29.3 Å². The first-order valence-corrected chi connectivity index (χ1v) is 7.74. The number of benzene rings is 1. The Hall–Kier alpha value is -1.61. The number of hydrogen-bond donors (Lipinski definition) is 3. The van der Waals surface area contributed by atoms with E-state index in [1.807, 2.05) is 0 Å². The fraction of sp³-hybridized carbons (Fsp3) is 0.417. The number of nitrogens with one attached hydrogen (secondary N) is 2. The van der Waals surface area contributed by atoms with E-state index in [4.69, 9.17) is 5.84 Å². The van der Waals surface area contributed by atoms with Crippen molar-refractivity contribution in [3.63, 3.8) is 0 Å². The zero-order chi connectivity index (χ0) is 16.0. The highest BCUT2D eigenvalue weighted by molar-refractivity contribution is 7.84. The summed E-state index contributed by atoms with van der Waals surface area (Å²) in [6.07, 6.45) is -2.54. The van der Waals surface area contributed by atoms with Crippen LogP contribution in [0.5, 0.6) is 0 Å². The van der Waals surface area contributed by atoms with E-state index in [1.165, 1.54) is 6.26 Å². The third kappa shape index (κ3) is 5.35. The molecule has 0 aliphatic carbocycles. The van der Waals surface area contributed by atoms with Crippen LogP contribution in [0.2, 0.25) is 0 Å². The molecule has 0 radical (unpaired) electrons. The molecule has 0 aliphatic rings. The number of halogens is 3. The average molecular weight is 323 g/mol. The molecule has 1 amide bonds. The van der Waals surface area contributed by atoms with Crippen molar-refractivity contribution >= 4 is 22.4 Å². The number of anilines is 1. The van der Waals surface area contributed by atoms with Gasteiger partial charge in [-0.2, -0.15) is 13.2 Å². The first-order chi connectivity index (χ1) is 9.75. The molecule has 0 saturated carbocycles. The van der Waals surface area contributed by atoms with E-state index >= 15 is 0 Å². The predicted molar refractivity (Wildman–Crippen MR) is 75.1 cm³/mol. The zero-order valence-corrected chi connectivity index (χ0v) is 12.1. The first kappa shape index (κ1) is 17.4. The number of carbonyl (C=O) groups is 1. The number of rotatable bonds is 6. The first-order valence-electron chi connectivity index (χ1n) is 6.01. The largest absolute Gasteiger partial charge is 0.416 e. The smallest absolute Gasteiger partial charge is 0.352 e. The van der Waals surface area contributed by atoms with Gasteiger partial charge in [-0.1, -0.05) is 0 Å². The van der Waals surface area contributed by atoms with Crippen molar-refractivity contribution < 1.29 is 22.2 Å². The Morgan fingerprint density at radius 2 is 2.05 bits per heavy atom. The molecular weight excluding hydrogens is 307 g/mol. The van der Waals surface area contributed by atoms with Crippen LogP contribution in [0, 0.1) is 0 Å². The molecule has 0 spiro atoms. The van der Waals surface area contributed by atoms with Crippen molar-refractivity contribution in [3.8, 4) is 0 Å². The summed E-state index contributed by atoms with van der Waals surface area (Å²) in [7, 11) is -0.979. The third-order valence-corrected chi connectivity index (χ3v) is 3.50. The number of carbonyl (C=O) groups excluding carboxylic acids is 1. The van der Waals surface area contributed by atoms with E-state index in [2.05, 4.69) is 10.7 Å². The van der Waals surface area contributed by atoms with Gasteiger partial charge < -0.3 is 10.7 Å². The molecule has 0 heterocycles. The fourth-order valence-corrected chi connectivity index (χ4v) is 2.16. The molecule has 1 atom stereocenters. The molecule has 1 rings (SSSR count). The van der Waals surface area contributed by atoms with E-state index in [1.54, 1.807) is 0 Å². The zero-order valence-electron chi connectivity index (χ0n) is 11.3. The van der Waals surface area contributed by atoms with Crippen LogP contribution in [0.3, 0.4) is 0 Å². The van der Waals surface area contributed by atoms with Crippen LogP contribution in [-0.4, -0.2) is 28.7 Å². The Bertz CT molecular complexity index is 535. The topological polar surface area (TPSA) is 84.2 Å². The van der Waals surface area contributed by atoms with Crippen LogP contribution < -0.4 is 16.6 Å². The third-order valence-electron chi connectivity index (χ3n) is 2.64. The van der Waals surface area contributed by atoms with Gasteiger partial charge in [-0.15, -0.1) is 0 Å². The standard InChI is InChI=1S/C12H16F3N3O2S/c1-21(20)6-2-5-17-11(19)9-7-8(12(13,14)15)3-4-10(9)18-16/h3-4,7,18H,2,5-6,16H2,1H3,(H,17,19). The second kappa shape index (κ2) is 7.41. The minimum absolute atomic E-state index is 0.0968. The van der Waals surface area contributed by atoms with E-state index in [0.717, 1.165) is 18.2 Å². The molecule has 0 fully saturated rings. The number of hydrazine groups is 1. The Morgan fingerprint density at radius 1 is 1.38 bits per heavy atom. The van der Waals surface area contributed by atoms with Crippen LogP contribution in [0.15, 0.2) is 18.2 Å². The Kier molecular flexibility index (Phi) is 6.16. The lowest BCUT2D eigenvalue weighted by Gasteiger charge is -2.13. The van der Waals surface area contributed by atoms with Gasteiger partial charge in [0.2, 0.25) is 0 Å². The quantitative estimate of drug-likeness (QED) is 0.421. The van der Waals surface area contributed by atoms with E-state index in [9.17, 15) is 22.2 Å². The van der Waals surface area contributed by atoms with E-state index in [0.29, 0.717) is 12.2 Å². The number of hydrogen-bond acceptors (Lipinski definition) is 4. The number of nitrogen functional groups attached to an aromatic ring is 1. The molecule has 0 bridgehead atoms. The molecule has 21 heavy (non-hydrogen) atoms. The molecule has 4 N–H and O–H groups in total. The summed E-state index contributed by atoms with van der Waals surface area (Å²) < 4.78 is 48.8. The van der Waals surface area contributed by atoms with Gasteiger partial charge in [0, 0.05) is 29.4 Å². The van der Waals surface area contributed by atoms with Crippen molar-refractivity contribution in [1.82, 2.24) is 5.32 Å². The summed E-state index contributed by atoms with van der Waals surface area (Å²) >= 11 is 0. The van der Waals surface area contributed by atoms with Crippen molar-refractivity contribution in [1.29, 1.82) is 0 Å². The summed E-state index contributed by atoms with van der Waals surface area (Å²) in [5.41, 5.74) is 1.16. The maximum atomic E-state index is 12.6. The van der Waals surface area contributed by atoms with Crippen LogP contribution in [0.25, 0.3) is 0 Å². The predicted octanol–water partition coefficient (Wildman–Crippen LogP) is 1.49. The summed E-state index contributed by atoms with van der Waals surface area (Å²) in [4.78, 5) is 11.9. The lowest BCUT2D eigenvalue weighted by molar-refractivity contribution is -0.137. The summed E-state index contributed by atoms with van der Waals surface area (Å²) in [5.74, 6) is 4.93. The number of nitrogens with two attached hydrogens (primary N) is 1. The van der Waals surface area contributed by atoms with Crippen molar-refractivity contribution in [2.24, 2.45) is 5.84 Å².